The molecule has 0 fully saturated rings. The van der Waals surface area contributed by atoms with Crippen molar-refractivity contribution in [1.82, 2.24) is 9.97 Å². The fourth-order valence-corrected chi connectivity index (χ4v) is 1.18. The van der Waals surface area contributed by atoms with Crippen LogP contribution in [0.1, 0.15) is 5.56 Å². The van der Waals surface area contributed by atoms with E-state index in [0.29, 0.717) is 0 Å². The third kappa shape index (κ3) is 2.14. The van der Waals surface area contributed by atoms with Crippen LogP contribution in [0.25, 0.3) is 0 Å². The molecule has 80 valence electrons. The Morgan fingerprint density at radius 1 is 1.19 bits per heavy atom. The Balaban J connectivity index is 2.31. The lowest BCUT2D eigenvalue weighted by Crippen LogP contribution is -1.92. The maximum atomic E-state index is 9.42. The highest BCUT2D eigenvalue weighted by Crippen LogP contribution is 2.27. The van der Waals surface area contributed by atoms with Gasteiger partial charge in [0.1, 0.15) is 6.33 Å². The second-order valence-corrected chi connectivity index (χ2v) is 3.10. The molecule has 5 heteroatoms. The number of aromatic nitrogens is 2. The van der Waals surface area contributed by atoms with Crippen LogP contribution in [-0.4, -0.2) is 21.3 Å². The van der Waals surface area contributed by atoms with Crippen molar-refractivity contribution in [2.24, 2.45) is 4.99 Å². The van der Waals surface area contributed by atoms with E-state index in [2.05, 4.69) is 15.0 Å². The van der Waals surface area contributed by atoms with Gasteiger partial charge in [-0.2, -0.15) is 4.98 Å². The Morgan fingerprint density at radius 3 is 2.62 bits per heavy atom. The Morgan fingerprint density at radius 2 is 1.94 bits per heavy atom. The normalized spacial score (nSPS) is 10.8. The average molecular weight is 214 g/mol. The van der Waals surface area contributed by atoms with Gasteiger partial charge in [-0.3, -0.25) is 0 Å². The fraction of sp³-hybridized carbons (Fsp3) is 0. The number of hydrogen-bond donors (Lipinski definition) is 2. The summed E-state index contributed by atoms with van der Waals surface area (Å²) in [6.07, 6.45) is 2.78. The Kier molecular flexibility index (Phi) is 2.77. The Labute approximate surface area is 92.3 Å². The van der Waals surface area contributed by atoms with Gasteiger partial charge >= 0.3 is 0 Å². The van der Waals surface area contributed by atoms with Gasteiger partial charge in [-0.25, -0.2) is 9.98 Å². The monoisotopic (exact) mass is 214 g/mol. The van der Waals surface area contributed by atoms with Crippen molar-refractivity contribution < 1.29 is 5.11 Å². The lowest BCUT2D eigenvalue weighted by atomic mass is 10.2. The second-order valence-electron chi connectivity index (χ2n) is 3.10. The van der Waals surface area contributed by atoms with Gasteiger partial charge in [-0.05, 0) is 5.56 Å². The topological polar surface area (TPSA) is 84.4 Å². The molecule has 0 aliphatic heterocycles. The van der Waals surface area contributed by atoms with Crippen molar-refractivity contribution in [3.05, 3.63) is 42.2 Å². The van der Waals surface area contributed by atoms with E-state index in [4.69, 9.17) is 5.73 Å². The van der Waals surface area contributed by atoms with Gasteiger partial charge in [0.25, 0.3) is 0 Å². The Bertz CT molecular complexity index is 490. The molecule has 0 saturated carbocycles. The summed E-state index contributed by atoms with van der Waals surface area (Å²) in [5.41, 5.74) is 6.65. The summed E-state index contributed by atoms with van der Waals surface area (Å²) in [5, 5.41) is 9.42. The molecule has 0 bridgehead atoms. The minimum Gasteiger partial charge on any atom is -0.492 e. The highest BCUT2D eigenvalue weighted by atomic mass is 16.3. The van der Waals surface area contributed by atoms with E-state index >= 15 is 0 Å². The molecule has 1 aromatic carbocycles. The summed E-state index contributed by atoms with van der Waals surface area (Å²) in [4.78, 5) is 11.4. The van der Waals surface area contributed by atoms with E-state index in [0.717, 1.165) is 5.56 Å². The van der Waals surface area contributed by atoms with Gasteiger partial charge in [0, 0.05) is 6.21 Å². The van der Waals surface area contributed by atoms with E-state index < -0.39 is 0 Å². The minimum atomic E-state index is -0.223. The SMILES string of the molecule is Nc1ncnc(O)c1/N=C/c1ccccc1. The van der Waals surface area contributed by atoms with Crippen molar-refractivity contribution in [3.8, 4) is 5.88 Å². The van der Waals surface area contributed by atoms with Gasteiger partial charge in [-0.1, -0.05) is 30.3 Å². The van der Waals surface area contributed by atoms with Crippen LogP contribution in [0.5, 0.6) is 5.88 Å². The van der Waals surface area contributed by atoms with Crippen LogP contribution in [0.2, 0.25) is 0 Å². The maximum absolute atomic E-state index is 9.42. The van der Waals surface area contributed by atoms with Crippen LogP contribution in [0.15, 0.2) is 41.7 Å². The second kappa shape index (κ2) is 4.39. The van der Waals surface area contributed by atoms with Gasteiger partial charge in [-0.15, -0.1) is 0 Å². The zero-order valence-corrected chi connectivity index (χ0v) is 8.41. The van der Waals surface area contributed by atoms with Crippen LogP contribution in [0, 0.1) is 0 Å². The zero-order chi connectivity index (χ0) is 11.4. The molecule has 0 aliphatic carbocycles. The molecule has 0 amide bonds. The average Bonchev–Trinajstić information content (AvgIpc) is 2.30. The van der Waals surface area contributed by atoms with Crippen LogP contribution < -0.4 is 5.73 Å². The quantitative estimate of drug-likeness (QED) is 0.742. The van der Waals surface area contributed by atoms with Gasteiger partial charge in [0.2, 0.25) is 5.88 Å². The molecule has 2 rings (SSSR count). The number of anilines is 1. The van der Waals surface area contributed by atoms with E-state index in [9.17, 15) is 5.11 Å². The summed E-state index contributed by atoms with van der Waals surface area (Å²) in [6.45, 7) is 0. The highest BCUT2D eigenvalue weighted by Gasteiger charge is 2.04. The number of nitrogen functional groups attached to an aromatic ring is 1. The molecule has 1 aromatic heterocycles. The maximum Gasteiger partial charge on any atom is 0.242 e. The number of rotatable bonds is 2. The molecule has 0 saturated heterocycles. The summed E-state index contributed by atoms with van der Waals surface area (Å²) < 4.78 is 0. The fourth-order valence-electron chi connectivity index (χ4n) is 1.18. The van der Waals surface area contributed by atoms with Crippen LogP contribution in [0.4, 0.5) is 11.5 Å². The van der Waals surface area contributed by atoms with Crippen molar-refractivity contribution in [3.63, 3.8) is 0 Å². The Hall–Kier alpha value is -2.43. The number of hydrogen-bond acceptors (Lipinski definition) is 5. The third-order valence-corrected chi connectivity index (χ3v) is 1.97. The molecule has 1 heterocycles. The summed E-state index contributed by atoms with van der Waals surface area (Å²) in [7, 11) is 0. The number of aliphatic imine (C=N–C) groups is 1. The lowest BCUT2D eigenvalue weighted by molar-refractivity contribution is 0.454. The molecular formula is C11H10N4O. The lowest BCUT2D eigenvalue weighted by Gasteiger charge is -1.99. The summed E-state index contributed by atoms with van der Waals surface area (Å²) in [6, 6.07) is 9.48. The first-order valence-electron chi connectivity index (χ1n) is 4.66. The molecule has 16 heavy (non-hydrogen) atoms. The predicted molar refractivity (Wildman–Crippen MR) is 61.8 cm³/mol. The molecular weight excluding hydrogens is 204 g/mol. The van der Waals surface area contributed by atoms with Crippen LogP contribution in [-0.2, 0) is 0 Å². The minimum absolute atomic E-state index is 0.152. The number of nitrogens with two attached hydrogens (primary N) is 1. The first kappa shape index (κ1) is 10.1. The van der Waals surface area contributed by atoms with Crippen molar-refractivity contribution in [2.45, 2.75) is 0 Å². The van der Waals surface area contributed by atoms with Gasteiger partial charge in [0.05, 0.1) is 0 Å². The van der Waals surface area contributed by atoms with E-state index in [1.165, 1.54) is 6.33 Å². The van der Waals surface area contributed by atoms with Gasteiger partial charge < -0.3 is 10.8 Å². The molecule has 0 unspecified atom stereocenters. The van der Waals surface area contributed by atoms with E-state index in [-0.39, 0.29) is 17.4 Å². The first-order valence-corrected chi connectivity index (χ1v) is 4.66. The zero-order valence-electron chi connectivity index (χ0n) is 8.41. The highest BCUT2D eigenvalue weighted by molar-refractivity contribution is 5.84. The van der Waals surface area contributed by atoms with E-state index in [1.807, 2.05) is 30.3 Å². The van der Waals surface area contributed by atoms with Crippen LogP contribution >= 0.6 is 0 Å². The summed E-state index contributed by atoms with van der Waals surface area (Å²) in [5.74, 6) is -0.0700. The number of benzene rings is 1. The number of nitrogens with zero attached hydrogens (tertiary/aromatic N) is 3. The molecule has 0 atom stereocenters. The van der Waals surface area contributed by atoms with Crippen molar-refractivity contribution in [1.29, 1.82) is 0 Å². The van der Waals surface area contributed by atoms with E-state index in [1.54, 1.807) is 6.21 Å². The molecule has 5 nitrogen and oxygen atoms in total. The smallest absolute Gasteiger partial charge is 0.242 e. The molecule has 0 radical (unpaired) electrons. The van der Waals surface area contributed by atoms with Gasteiger partial charge in [0.15, 0.2) is 11.5 Å². The largest absolute Gasteiger partial charge is 0.492 e. The van der Waals surface area contributed by atoms with Crippen molar-refractivity contribution >= 4 is 17.7 Å². The molecule has 3 N–H and O–H groups in total. The number of aromatic hydroxyl groups is 1. The van der Waals surface area contributed by atoms with Crippen molar-refractivity contribution in [2.75, 3.05) is 5.73 Å². The predicted octanol–water partition coefficient (Wildman–Crippen LogP) is 1.51. The molecule has 2 aromatic rings. The first-order chi connectivity index (χ1) is 7.77. The summed E-state index contributed by atoms with van der Waals surface area (Å²) >= 11 is 0. The van der Waals surface area contributed by atoms with Crippen LogP contribution in [0.3, 0.4) is 0 Å². The molecule has 0 aliphatic rings. The third-order valence-electron chi connectivity index (χ3n) is 1.97. The molecule has 0 spiro atoms. The standard InChI is InChI=1S/C11H10N4O/c12-10-9(11(16)15-7-14-10)13-6-8-4-2-1-3-5-8/h1-7H,(H3,12,14,15,16)/b13-6+.